The third-order valence-corrected chi connectivity index (χ3v) is 4.73. The molecule has 0 aliphatic heterocycles. The SMILES string of the molecule is CN(C)C(c1cn(C)c2ccccc12)C1(C#N)CCC1. The average molecular weight is 267 g/mol. The van der Waals surface area contributed by atoms with Gasteiger partial charge >= 0.3 is 0 Å². The zero-order valence-electron chi connectivity index (χ0n) is 12.4. The molecule has 3 nitrogen and oxygen atoms in total. The van der Waals surface area contributed by atoms with E-state index < -0.39 is 0 Å². The molecule has 3 rings (SSSR count). The van der Waals surface area contributed by atoms with Gasteiger partial charge in [0.15, 0.2) is 0 Å². The van der Waals surface area contributed by atoms with Crippen LogP contribution in [0.25, 0.3) is 10.9 Å². The Hall–Kier alpha value is -1.79. The Morgan fingerprint density at radius 1 is 1.30 bits per heavy atom. The van der Waals surface area contributed by atoms with E-state index in [0.29, 0.717) is 0 Å². The summed E-state index contributed by atoms with van der Waals surface area (Å²) >= 11 is 0. The Morgan fingerprint density at radius 2 is 2.00 bits per heavy atom. The first-order valence-electron chi connectivity index (χ1n) is 7.21. The van der Waals surface area contributed by atoms with Gasteiger partial charge in [-0.25, -0.2) is 0 Å². The molecule has 1 fully saturated rings. The third-order valence-electron chi connectivity index (χ3n) is 4.73. The van der Waals surface area contributed by atoms with Gasteiger partial charge in [-0.15, -0.1) is 0 Å². The van der Waals surface area contributed by atoms with Crippen LogP contribution in [0.5, 0.6) is 0 Å². The Bertz CT molecular complexity index is 671. The van der Waals surface area contributed by atoms with E-state index >= 15 is 0 Å². The molecule has 1 aromatic heterocycles. The van der Waals surface area contributed by atoms with Crippen LogP contribution in [-0.2, 0) is 7.05 Å². The predicted molar refractivity (Wildman–Crippen MR) is 81.2 cm³/mol. The maximum absolute atomic E-state index is 9.71. The average Bonchev–Trinajstić information content (AvgIpc) is 2.71. The number of hydrogen-bond donors (Lipinski definition) is 0. The first kappa shape index (κ1) is 13.2. The summed E-state index contributed by atoms with van der Waals surface area (Å²) in [6.45, 7) is 0. The van der Waals surface area contributed by atoms with Gasteiger partial charge in [-0.1, -0.05) is 24.6 Å². The Kier molecular flexibility index (Phi) is 3.07. The van der Waals surface area contributed by atoms with Crippen LogP contribution in [0.1, 0.15) is 30.9 Å². The zero-order valence-corrected chi connectivity index (χ0v) is 12.4. The summed E-state index contributed by atoms with van der Waals surface area (Å²) < 4.78 is 2.17. The summed E-state index contributed by atoms with van der Waals surface area (Å²) in [4.78, 5) is 2.21. The summed E-state index contributed by atoms with van der Waals surface area (Å²) in [5.41, 5.74) is 2.31. The number of benzene rings is 1. The lowest BCUT2D eigenvalue weighted by Gasteiger charge is -2.45. The molecule has 0 saturated heterocycles. The summed E-state index contributed by atoms with van der Waals surface area (Å²) in [6.07, 6.45) is 5.39. The second-order valence-corrected chi connectivity index (χ2v) is 6.20. The van der Waals surface area contributed by atoms with E-state index in [1.54, 1.807) is 0 Å². The van der Waals surface area contributed by atoms with Gasteiger partial charge in [0.25, 0.3) is 0 Å². The molecule has 0 spiro atoms. The standard InChI is InChI=1S/C17H21N3/c1-19(2)16(17(12-18)9-6-10-17)14-11-20(3)15-8-5-4-7-13(14)15/h4-5,7-8,11,16H,6,9-10H2,1-3H3. The largest absolute Gasteiger partial charge is 0.350 e. The number of aromatic nitrogens is 1. The van der Waals surface area contributed by atoms with Crippen molar-refractivity contribution in [2.45, 2.75) is 25.3 Å². The van der Waals surface area contributed by atoms with Crippen LogP contribution in [0, 0.1) is 16.7 Å². The lowest BCUT2D eigenvalue weighted by molar-refractivity contribution is 0.0757. The summed E-state index contributed by atoms with van der Waals surface area (Å²) in [7, 11) is 6.26. The maximum atomic E-state index is 9.71. The first-order chi connectivity index (χ1) is 9.59. The molecule has 1 heterocycles. The second kappa shape index (κ2) is 4.64. The number of nitrogens with zero attached hydrogens (tertiary/aromatic N) is 3. The quantitative estimate of drug-likeness (QED) is 0.852. The van der Waals surface area contributed by atoms with Crippen molar-refractivity contribution in [2.24, 2.45) is 12.5 Å². The van der Waals surface area contributed by atoms with E-state index in [2.05, 4.69) is 67.1 Å². The fourth-order valence-corrected chi connectivity index (χ4v) is 3.67. The number of para-hydroxylation sites is 1. The third kappa shape index (κ3) is 1.76. The van der Waals surface area contributed by atoms with Crippen molar-refractivity contribution in [3.8, 4) is 6.07 Å². The molecule has 1 unspecified atom stereocenters. The van der Waals surface area contributed by atoms with Crippen LogP contribution in [-0.4, -0.2) is 23.6 Å². The number of aryl methyl sites for hydroxylation is 1. The molecule has 0 N–H and O–H groups in total. The van der Waals surface area contributed by atoms with Crippen molar-refractivity contribution in [2.75, 3.05) is 14.1 Å². The molecule has 1 saturated carbocycles. The van der Waals surface area contributed by atoms with Gasteiger partial charge in [-0.2, -0.15) is 5.26 Å². The van der Waals surface area contributed by atoms with Crippen molar-refractivity contribution in [3.63, 3.8) is 0 Å². The van der Waals surface area contributed by atoms with Crippen LogP contribution in [0.3, 0.4) is 0 Å². The summed E-state index contributed by atoms with van der Waals surface area (Å²) in [5.74, 6) is 0. The summed E-state index contributed by atoms with van der Waals surface area (Å²) in [6, 6.07) is 11.3. The van der Waals surface area contributed by atoms with E-state index in [9.17, 15) is 5.26 Å². The predicted octanol–water partition coefficient (Wildman–Crippen LogP) is 3.47. The minimum atomic E-state index is -0.215. The van der Waals surface area contributed by atoms with Gasteiger partial charge in [0.1, 0.15) is 0 Å². The van der Waals surface area contributed by atoms with Crippen LogP contribution >= 0.6 is 0 Å². The molecule has 1 atom stereocenters. The van der Waals surface area contributed by atoms with E-state index in [4.69, 9.17) is 0 Å². The van der Waals surface area contributed by atoms with Crippen LogP contribution in [0.2, 0.25) is 0 Å². The van der Waals surface area contributed by atoms with E-state index in [0.717, 1.165) is 12.8 Å². The zero-order chi connectivity index (χ0) is 14.3. The highest BCUT2D eigenvalue weighted by molar-refractivity contribution is 5.84. The number of fused-ring (bicyclic) bond motifs is 1. The highest BCUT2D eigenvalue weighted by Crippen LogP contribution is 2.52. The second-order valence-electron chi connectivity index (χ2n) is 6.20. The molecule has 1 aromatic carbocycles. The minimum Gasteiger partial charge on any atom is -0.350 e. The molecular formula is C17H21N3. The van der Waals surface area contributed by atoms with Crippen molar-refractivity contribution in [1.82, 2.24) is 9.47 Å². The molecule has 2 aromatic rings. The van der Waals surface area contributed by atoms with Gasteiger partial charge in [0.2, 0.25) is 0 Å². The van der Waals surface area contributed by atoms with Gasteiger partial charge in [-0.05, 0) is 38.6 Å². The molecule has 20 heavy (non-hydrogen) atoms. The molecule has 3 heteroatoms. The van der Waals surface area contributed by atoms with Gasteiger partial charge in [-0.3, -0.25) is 0 Å². The lowest BCUT2D eigenvalue weighted by atomic mass is 9.63. The Morgan fingerprint density at radius 3 is 2.55 bits per heavy atom. The molecule has 1 aliphatic rings. The maximum Gasteiger partial charge on any atom is 0.0771 e. The normalized spacial score (nSPS) is 18.8. The number of hydrogen-bond acceptors (Lipinski definition) is 2. The van der Waals surface area contributed by atoms with E-state index in [1.807, 2.05) is 0 Å². The van der Waals surface area contributed by atoms with Crippen molar-refractivity contribution < 1.29 is 0 Å². The Labute approximate surface area is 120 Å². The van der Waals surface area contributed by atoms with Crippen LogP contribution in [0.15, 0.2) is 30.5 Å². The van der Waals surface area contributed by atoms with Crippen molar-refractivity contribution in [3.05, 3.63) is 36.0 Å². The molecule has 0 radical (unpaired) electrons. The van der Waals surface area contributed by atoms with Crippen molar-refractivity contribution >= 4 is 10.9 Å². The molecule has 0 amide bonds. The van der Waals surface area contributed by atoms with Gasteiger partial charge in [0.05, 0.1) is 17.5 Å². The number of nitriles is 1. The fourth-order valence-electron chi connectivity index (χ4n) is 3.67. The molecule has 0 bridgehead atoms. The highest BCUT2D eigenvalue weighted by atomic mass is 15.1. The lowest BCUT2D eigenvalue weighted by Crippen LogP contribution is -2.41. The van der Waals surface area contributed by atoms with Crippen LogP contribution in [0.4, 0.5) is 0 Å². The Balaban J connectivity index is 2.19. The molecular weight excluding hydrogens is 246 g/mol. The monoisotopic (exact) mass is 267 g/mol. The first-order valence-corrected chi connectivity index (χ1v) is 7.21. The summed E-state index contributed by atoms with van der Waals surface area (Å²) in [5, 5.41) is 11.0. The molecule has 104 valence electrons. The van der Waals surface area contributed by atoms with E-state index in [1.165, 1.54) is 22.9 Å². The van der Waals surface area contributed by atoms with Gasteiger partial charge in [0, 0.05) is 24.1 Å². The topological polar surface area (TPSA) is 32.0 Å². The van der Waals surface area contributed by atoms with Gasteiger partial charge < -0.3 is 9.47 Å². The number of rotatable bonds is 3. The van der Waals surface area contributed by atoms with Crippen LogP contribution < -0.4 is 0 Å². The smallest absolute Gasteiger partial charge is 0.0771 e. The molecule has 1 aliphatic carbocycles. The minimum absolute atomic E-state index is 0.173. The van der Waals surface area contributed by atoms with Crippen molar-refractivity contribution in [1.29, 1.82) is 5.26 Å². The fraction of sp³-hybridized carbons (Fsp3) is 0.471. The van der Waals surface area contributed by atoms with E-state index in [-0.39, 0.29) is 11.5 Å². The highest BCUT2D eigenvalue weighted by Gasteiger charge is 2.47.